The van der Waals surface area contributed by atoms with Gasteiger partial charge in [0.05, 0.1) is 23.6 Å². The van der Waals surface area contributed by atoms with Gasteiger partial charge in [-0.3, -0.25) is 0 Å². The van der Waals surface area contributed by atoms with Gasteiger partial charge >= 0.3 is 6.03 Å². The molecule has 3 unspecified atom stereocenters. The molecule has 1 aliphatic heterocycles. The predicted molar refractivity (Wildman–Crippen MR) is 157 cm³/mol. The molecule has 2 fully saturated rings. The molecular weight excluding hydrogens is 501 g/mol. The number of carbonyl (C=O) groups excluding carboxylic acids is 1. The molecule has 0 spiro atoms. The van der Waals surface area contributed by atoms with Crippen molar-refractivity contribution in [2.24, 2.45) is 11.3 Å². The molecule has 1 aromatic heterocycles. The Labute approximate surface area is 236 Å². The Morgan fingerprint density at radius 1 is 1.10 bits per heavy atom. The molecule has 1 saturated heterocycles. The third-order valence-corrected chi connectivity index (χ3v) is 9.41. The summed E-state index contributed by atoms with van der Waals surface area (Å²) in [5, 5.41) is 11.1. The Kier molecular flexibility index (Phi) is 7.74. The topological polar surface area (TPSA) is 62.2 Å². The average Bonchev–Trinajstić information content (AvgIpc) is 3.52. The summed E-state index contributed by atoms with van der Waals surface area (Å²) in [5.41, 5.74) is 5.82. The summed E-state index contributed by atoms with van der Waals surface area (Å²) in [5.74, 6) is 0.187. The zero-order valence-electron chi connectivity index (χ0n) is 23.4. The highest BCUT2D eigenvalue weighted by atomic mass is 19.1. The lowest BCUT2D eigenvalue weighted by molar-refractivity contribution is 0.209. The summed E-state index contributed by atoms with van der Waals surface area (Å²) in [6.07, 6.45) is 12.1. The van der Waals surface area contributed by atoms with Gasteiger partial charge in [-0.1, -0.05) is 49.2 Å². The Bertz CT molecular complexity index is 1340. The second kappa shape index (κ2) is 11.6. The number of carbonyl (C=O) groups is 1. The highest BCUT2D eigenvalue weighted by molar-refractivity contribution is 5.74. The molecule has 6 nitrogen and oxygen atoms in total. The first-order chi connectivity index (χ1) is 19.5. The maximum atomic E-state index is 13.5. The zero-order valence-corrected chi connectivity index (χ0v) is 23.4. The van der Waals surface area contributed by atoms with Crippen LogP contribution in [-0.4, -0.2) is 46.9 Å². The van der Waals surface area contributed by atoms with Gasteiger partial charge in [0.25, 0.3) is 0 Å². The number of aromatic nitrogens is 2. The van der Waals surface area contributed by atoms with Crippen molar-refractivity contribution in [3.05, 3.63) is 89.0 Å². The Hall–Kier alpha value is -3.45. The summed E-state index contributed by atoms with van der Waals surface area (Å²) >= 11 is 0. The molecule has 2 N–H and O–H groups in total. The van der Waals surface area contributed by atoms with Crippen LogP contribution in [0, 0.1) is 17.2 Å². The average molecular weight is 542 g/mol. The molecule has 2 aliphatic carbocycles. The number of urea groups is 1. The van der Waals surface area contributed by atoms with Crippen LogP contribution in [0.25, 0.3) is 11.8 Å². The highest BCUT2D eigenvalue weighted by Crippen LogP contribution is 2.55. The molecule has 7 heteroatoms. The van der Waals surface area contributed by atoms with Crippen molar-refractivity contribution >= 4 is 12.1 Å². The van der Waals surface area contributed by atoms with Crippen LogP contribution < -0.4 is 10.6 Å². The van der Waals surface area contributed by atoms with E-state index < -0.39 is 0 Å². The minimum absolute atomic E-state index is 0.0170. The van der Waals surface area contributed by atoms with Crippen LogP contribution in [0.15, 0.2) is 66.4 Å². The summed E-state index contributed by atoms with van der Waals surface area (Å²) in [7, 11) is 0. The number of benzene rings is 2. The number of nitrogens with one attached hydrogen (secondary N) is 2. The summed E-state index contributed by atoms with van der Waals surface area (Å²) in [4.78, 5) is 15.5. The monoisotopic (exact) mass is 541 g/mol. The molecule has 3 aliphatic rings. The fraction of sp³-hybridized carbons (Fsp3) is 0.455. The van der Waals surface area contributed by atoms with E-state index in [1.807, 2.05) is 16.9 Å². The Balaban J connectivity index is 1.16. The van der Waals surface area contributed by atoms with Crippen LogP contribution in [-0.2, 0) is 6.42 Å². The van der Waals surface area contributed by atoms with E-state index in [1.54, 1.807) is 12.1 Å². The van der Waals surface area contributed by atoms with Gasteiger partial charge in [0.1, 0.15) is 5.82 Å². The van der Waals surface area contributed by atoms with Crippen LogP contribution in [0.2, 0.25) is 0 Å². The van der Waals surface area contributed by atoms with E-state index in [0.29, 0.717) is 12.5 Å². The Morgan fingerprint density at radius 2 is 1.88 bits per heavy atom. The second-order valence-corrected chi connectivity index (χ2v) is 11.9. The number of rotatable bonds is 8. The van der Waals surface area contributed by atoms with E-state index in [2.05, 4.69) is 57.9 Å². The van der Waals surface area contributed by atoms with Crippen LogP contribution in [0.5, 0.6) is 0 Å². The minimum atomic E-state index is -0.244. The summed E-state index contributed by atoms with van der Waals surface area (Å²) < 4.78 is 15.4. The molecule has 2 aromatic carbocycles. The molecule has 0 radical (unpaired) electrons. The number of hydrogen-bond donors (Lipinski definition) is 2. The van der Waals surface area contributed by atoms with Gasteiger partial charge in [0, 0.05) is 13.1 Å². The lowest BCUT2D eigenvalue weighted by Gasteiger charge is -2.37. The van der Waals surface area contributed by atoms with Gasteiger partial charge in [0.15, 0.2) is 0 Å². The normalized spacial score (nSPS) is 23.1. The molecule has 0 bridgehead atoms. The van der Waals surface area contributed by atoms with Crippen molar-refractivity contribution in [2.75, 3.05) is 26.2 Å². The minimum Gasteiger partial charge on any atom is -0.337 e. The highest BCUT2D eigenvalue weighted by Gasteiger charge is 2.46. The lowest BCUT2D eigenvalue weighted by atomic mass is 9.68. The van der Waals surface area contributed by atoms with Crippen molar-refractivity contribution in [1.29, 1.82) is 0 Å². The standard InChI is InChI=1S/C33H40FN5O/c1-33-22-25-23-36-39(29-14-12-28(34)13-15-29)31(25)21-27(33)11-10-26(33)20-30(24-8-4-2-5-9-24)37-32(40)35-16-19-38-17-6-3-7-18-38/h2,4-5,8-9,12-15,21,23,26,30H,3,6-7,10-11,16-20,22H2,1H3,(H2,35,37,40). The molecule has 2 heterocycles. The largest absolute Gasteiger partial charge is 0.337 e. The lowest BCUT2D eigenvalue weighted by Crippen LogP contribution is -2.43. The van der Waals surface area contributed by atoms with Gasteiger partial charge < -0.3 is 15.5 Å². The van der Waals surface area contributed by atoms with Crippen LogP contribution >= 0.6 is 0 Å². The maximum absolute atomic E-state index is 13.5. The molecule has 1 saturated carbocycles. The summed E-state index contributed by atoms with van der Waals surface area (Å²) in [6.45, 7) is 6.23. The molecule has 6 rings (SSSR count). The zero-order chi connectivity index (χ0) is 27.5. The van der Waals surface area contributed by atoms with Gasteiger partial charge in [-0.05, 0) is 104 Å². The first-order valence-corrected chi connectivity index (χ1v) is 14.9. The van der Waals surface area contributed by atoms with Crippen molar-refractivity contribution in [2.45, 2.75) is 57.9 Å². The third-order valence-electron chi connectivity index (χ3n) is 9.41. The Morgan fingerprint density at radius 3 is 2.65 bits per heavy atom. The first-order valence-electron chi connectivity index (χ1n) is 14.9. The third kappa shape index (κ3) is 5.57. The van der Waals surface area contributed by atoms with Crippen LogP contribution in [0.1, 0.15) is 68.3 Å². The number of likely N-dealkylation sites (tertiary alicyclic amines) is 1. The van der Waals surface area contributed by atoms with E-state index in [0.717, 1.165) is 62.3 Å². The fourth-order valence-corrected chi connectivity index (χ4v) is 7.07. The molecular formula is C33H40FN5O. The van der Waals surface area contributed by atoms with Crippen molar-refractivity contribution in [1.82, 2.24) is 25.3 Å². The first kappa shape index (κ1) is 26.8. The molecule has 3 atom stereocenters. The number of amides is 2. The quantitative estimate of drug-likeness (QED) is 0.353. The van der Waals surface area contributed by atoms with E-state index in [9.17, 15) is 9.18 Å². The van der Waals surface area contributed by atoms with Gasteiger partial charge in [0.2, 0.25) is 0 Å². The molecule has 2 amide bonds. The second-order valence-electron chi connectivity index (χ2n) is 11.9. The van der Waals surface area contributed by atoms with Crippen LogP contribution in [0.4, 0.5) is 9.18 Å². The number of allylic oxidation sites excluding steroid dienone is 1. The van der Waals surface area contributed by atoms with E-state index >= 15 is 0 Å². The van der Waals surface area contributed by atoms with Gasteiger partial charge in [-0.25, -0.2) is 13.9 Å². The predicted octanol–water partition coefficient (Wildman–Crippen LogP) is 6.28. The SMILES string of the molecule is CC12Cc3cnn(-c4ccc(F)cc4)c3C=C1CCC2CC(NC(=O)NCCN1CCCCC1)c1ccccc1. The molecule has 40 heavy (non-hydrogen) atoms. The van der Waals surface area contributed by atoms with E-state index in [1.165, 1.54) is 42.5 Å². The van der Waals surface area contributed by atoms with E-state index in [4.69, 9.17) is 0 Å². The number of nitrogens with zero attached hydrogens (tertiary/aromatic N) is 3. The molecule has 210 valence electrons. The maximum Gasteiger partial charge on any atom is 0.315 e. The molecule has 3 aromatic rings. The van der Waals surface area contributed by atoms with Gasteiger partial charge in [-0.15, -0.1) is 0 Å². The van der Waals surface area contributed by atoms with Crippen molar-refractivity contribution in [3.8, 4) is 5.69 Å². The van der Waals surface area contributed by atoms with E-state index in [-0.39, 0.29) is 23.3 Å². The van der Waals surface area contributed by atoms with Crippen molar-refractivity contribution < 1.29 is 9.18 Å². The van der Waals surface area contributed by atoms with Crippen LogP contribution in [0.3, 0.4) is 0 Å². The number of piperidine rings is 1. The smallest absolute Gasteiger partial charge is 0.315 e. The fourth-order valence-electron chi connectivity index (χ4n) is 7.07. The number of hydrogen-bond acceptors (Lipinski definition) is 3. The number of halogens is 1. The van der Waals surface area contributed by atoms with Crippen molar-refractivity contribution in [3.63, 3.8) is 0 Å². The summed E-state index contributed by atoms with van der Waals surface area (Å²) in [6, 6.07) is 16.8. The number of fused-ring (bicyclic) bond motifs is 2. The van der Waals surface area contributed by atoms with Gasteiger partial charge in [-0.2, -0.15) is 5.10 Å².